The third-order valence-electron chi connectivity index (χ3n) is 1.32. The number of aromatic nitrogens is 1. The van der Waals surface area contributed by atoms with Crippen LogP contribution in [0.25, 0.3) is 0 Å². The molecule has 2 rings (SSSR count). The Morgan fingerprint density at radius 3 is 3.09 bits per heavy atom. The first-order valence-electron chi connectivity index (χ1n) is 3.11. The summed E-state index contributed by atoms with van der Waals surface area (Å²) in [5, 5.41) is 6.16. The van der Waals surface area contributed by atoms with Gasteiger partial charge in [-0.1, -0.05) is 5.16 Å². The van der Waals surface area contributed by atoms with Crippen molar-refractivity contribution in [2.24, 2.45) is 4.99 Å². The number of nitrogens with one attached hydrogen (secondary N) is 1. The number of hydrogen-bond acceptors (Lipinski definition) is 4. The summed E-state index contributed by atoms with van der Waals surface area (Å²) in [6, 6.07) is 1.64. The van der Waals surface area contributed by atoms with Crippen molar-refractivity contribution in [3.05, 3.63) is 18.0 Å². The number of carbonyl (C=O) groups is 1. The lowest BCUT2D eigenvalue weighted by molar-refractivity contribution is -0.117. The summed E-state index contributed by atoms with van der Waals surface area (Å²) in [5.74, 6) is 0.381. The van der Waals surface area contributed by atoms with Gasteiger partial charge < -0.3 is 9.84 Å². The molecule has 0 unspecified atom stereocenters. The van der Waals surface area contributed by atoms with Crippen LogP contribution in [-0.2, 0) is 4.79 Å². The fraction of sp³-hybridized carbons (Fsp3) is 0.167. The van der Waals surface area contributed by atoms with E-state index in [2.05, 4.69) is 20.0 Å². The summed E-state index contributed by atoms with van der Waals surface area (Å²) >= 11 is 0. The van der Waals surface area contributed by atoms with Gasteiger partial charge in [-0.05, 0) is 0 Å². The van der Waals surface area contributed by atoms with Crippen molar-refractivity contribution >= 4 is 11.7 Å². The predicted octanol–water partition coefficient (Wildman–Crippen LogP) is -0.449. The first kappa shape index (κ1) is 6.09. The smallest absolute Gasteiger partial charge is 0.247 e. The monoisotopic (exact) mass is 151 g/mol. The van der Waals surface area contributed by atoms with Gasteiger partial charge in [0, 0.05) is 6.07 Å². The van der Waals surface area contributed by atoms with Gasteiger partial charge in [0.2, 0.25) is 5.91 Å². The Morgan fingerprint density at radius 1 is 1.64 bits per heavy atom. The molecular weight excluding hydrogens is 146 g/mol. The fourth-order valence-corrected chi connectivity index (χ4v) is 0.842. The number of amides is 1. The van der Waals surface area contributed by atoms with Crippen LogP contribution in [0.5, 0.6) is 0 Å². The minimum absolute atomic E-state index is 0.108. The van der Waals surface area contributed by atoms with E-state index in [0.29, 0.717) is 11.5 Å². The molecule has 1 N–H and O–H groups in total. The molecule has 1 aromatic heterocycles. The molecule has 0 radical (unpaired) electrons. The van der Waals surface area contributed by atoms with Crippen LogP contribution in [-0.4, -0.2) is 23.4 Å². The van der Waals surface area contributed by atoms with E-state index in [0.717, 1.165) is 0 Å². The zero-order chi connectivity index (χ0) is 7.68. The Labute approximate surface area is 62.1 Å². The van der Waals surface area contributed by atoms with Gasteiger partial charge in [0.25, 0.3) is 0 Å². The molecule has 1 aliphatic heterocycles. The predicted molar refractivity (Wildman–Crippen MR) is 36.0 cm³/mol. The molecule has 0 fully saturated rings. The molecule has 5 nitrogen and oxygen atoms in total. The Kier molecular flexibility index (Phi) is 1.21. The number of amidine groups is 1. The largest absolute Gasteiger partial charge is 0.364 e. The highest BCUT2D eigenvalue weighted by Crippen LogP contribution is 1.99. The summed E-state index contributed by atoms with van der Waals surface area (Å²) in [5.41, 5.74) is 0.566. The zero-order valence-corrected chi connectivity index (χ0v) is 5.57. The van der Waals surface area contributed by atoms with E-state index in [1.165, 1.54) is 6.26 Å². The molecule has 0 aromatic carbocycles. The standard InChI is InChI=1S/C6H5N3O2/c10-5-3-7-6(8-5)4-1-2-11-9-4/h1-2H,3H2,(H,7,8,10). The number of aliphatic imine (C=N–C) groups is 1. The van der Waals surface area contributed by atoms with Gasteiger partial charge in [0.15, 0.2) is 5.84 Å². The maximum absolute atomic E-state index is 10.7. The summed E-state index contributed by atoms with van der Waals surface area (Å²) in [6.45, 7) is 0.183. The van der Waals surface area contributed by atoms with E-state index in [4.69, 9.17) is 0 Å². The molecular formula is C6H5N3O2. The molecule has 0 bridgehead atoms. The quantitative estimate of drug-likeness (QED) is 0.591. The maximum atomic E-state index is 10.7. The van der Waals surface area contributed by atoms with Gasteiger partial charge in [-0.25, -0.2) is 0 Å². The van der Waals surface area contributed by atoms with E-state index in [-0.39, 0.29) is 12.5 Å². The van der Waals surface area contributed by atoms with Gasteiger partial charge in [-0.2, -0.15) is 0 Å². The number of carbonyl (C=O) groups excluding carboxylic acids is 1. The van der Waals surface area contributed by atoms with E-state index >= 15 is 0 Å². The second-order valence-electron chi connectivity index (χ2n) is 2.10. The Bertz CT molecular complexity index is 302. The topological polar surface area (TPSA) is 67.5 Å². The van der Waals surface area contributed by atoms with Crippen molar-refractivity contribution < 1.29 is 9.32 Å². The lowest BCUT2D eigenvalue weighted by atomic mass is 10.4. The van der Waals surface area contributed by atoms with Gasteiger partial charge in [-0.3, -0.25) is 9.79 Å². The van der Waals surface area contributed by atoms with Gasteiger partial charge >= 0.3 is 0 Å². The van der Waals surface area contributed by atoms with Gasteiger partial charge in [0.05, 0.1) is 0 Å². The van der Waals surface area contributed by atoms with Crippen LogP contribution < -0.4 is 5.32 Å². The van der Waals surface area contributed by atoms with E-state index in [1.54, 1.807) is 6.07 Å². The molecule has 0 saturated heterocycles. The second-order valence-corrected chi connectivity index (χ2v) is 2.10. The molecule has 5 heteroatoms. The maximum Gasteiger partial charge on any atom is 0.247 e. The minimum atomic E-state index is -0.108. The van der Waals surface area contributed by atoms with Gasteiger partial charge in [-0.15, -0.1) is 0 Å². The van der Waals surface area contributed by atoms with E-state index in [1.807, 2.05) is 0 Å². The molecule has 1 aliphatic rings. The Balaban J connectivity index is 2.26. The number of rotatable bonds is 1. The van der Waals surface area contributed by atoms with Crippen molar-refractivity contribution in [1.29, 1.82) is 0 Å². The minimum Gasteiger partial charge on any atom is -0.364 e. The third-order valence-corrected chi connectivity index (χ3v) is 1.32. The van der Waals surface area contributed by atoms with Crippen molar-refractivity contribution in [3.8, 4) is 0 Å². The van der Waals surface area contributed by atoms with Crippen molar-refractivity contribution in [2.75, 3.05) is 6.54 Å². The van der Waals surface area contributed by atoms with E-state index < -0.39 is 0 Å². The van der Waals surface area contributed by atoms with Crippen LogP contribution in [0.2, 0.25) is 0 Å². The Hall–Kier alpha value is -1.65. The van der Waals surface area contributed by atoms with Crippen LogP contribution in [0.15, 0.2) is 21.8 Å². The number of nitrogens with zero attached hydrogens (tertiary/aromatic N) is 2. The van der Waals surface area contributed by atoms with Crippen LogP contribution >= 0.6 is 0 Å². The summed E-state index contributed by atoms with van der Waals surface area (Å²) < 4.78 is 4.58. The van der Waals surface area contributed by atoms with Crippen molar-refractivity contribution in [1.82, 2.24) is 10.5 Å². The summed E-state index contributed by atoms with van der Waals surface area (Å²) in [6.07, 6.45) is 1.43. The summed E-state index contributed by atoms with van der Waals surface area (Å²) in [4.78, 5) is 14.6. The lowest BCUT2D eigenvalue weighted by Gasteiger charge is -1.91. The average molecular weight is 151 g/mol. The van der Waals surface area contributed by atoms with Crippen LogP contribution in [0.3, 0.4) is 0 Å². The molecule has 1 aromatic rings. The first-order chi connectivity index (χ1) is 5.36. The molecule has 0 aliphatic carbocycles. The van der Waals surface area contributed by atoms with Crippen molar-refractivity contribution in [3.63, 3.8) is 0 Å². The molecule has 0 atom stereocenters. The fourth-order valence-electron chi connectivity index (χ4n) is 0.842. The molecule has 0 saturated carbocycles. The number of hydrogen-bond donors (Lipinski definition) is 1. The summed E-state index contributed by atoms with van der Waals surface area (Å²) in [7, 11) is 0. The van der Waals surface area contributed by atoms with Crippen molar-refractivity contribution in [2.45, 2.75) is 0 Å². The molecule has 1 amide bonds. The normalized spacial score (nSPS) is 16.4. The first-order valence-corrected chi connectivity index (χ1v) is 3.11. The molecule has 11 heavy (non-hydrogen) atoms. The Morgan fingerprint density at radius 2 is 2.55 bits per heavy atom. The van der Waals surface area contributed by atoms with E-state index in [9.17, 15) is 4.79 Å². The second kappa shape index (κ2) is 2.19. The lowest BCUT2D eigenvalue weighted by Crippen LogP contribution is -2.25. The molecule has 56 valence electrons. The SMILES string of the molecule is O=C1CN=C(c2ccon2)N1. The zero-order valence-electron chi connectivity index (χ0n) is 5.57. The highest BCUT2D eigenvalue weighted by Gasteiger charge is 2.16. The van der Waals surface area contributed by atoms with Gasteiger partial charge in [0.1, 0.15) is 18.5 Å². The van der Waals surface area contributed by atoms with Crippen LogP contribution in [0.4, 0.5) is 0 Å². The highest BCUT2D eigenvalue weighted by atomic mass is 16.5. The molecule has 2 heterocycles. The third kappa shape index (κ3) is 1.000. The average Bonchev–Trinajstić information content (AvgIpc) is 2.55. The van der Waals surface area contributed by atoms with Crippen LogP contribution in [0, 0.1) is 0 Å². The highest BCUT2D eigenvalue weighted by molar-refractivity contribution is 6.11. The van der Waals surface area contributed by atoms with Crippen LogP contribution in [0.1, 0.15) is 5.69 Å². The molecule has 0 spiro atoms.